The Hall–Kier alpha value is -8.06. The maximum absolute atomic E-state index is 3.99. The minimum absolute atomic E-state index is 0.844. The smallest absolute Gasteiger partial charge is 0.00199 e. The van der Waals surface area contributed by atoms with Gasteiger partial charge in [0, 0.05) is 0 Å². The van der Waals surface area contributed by atoms with Crippen molar-refractivity contribution in [3.8, 4) is 11.1 Å². The number of hydrogen-bond acceptors (Lipinski definition) is 0. The summed E-state index contributed by atoms with van der Waals surface area (Å²) in [6.45, 7) is 13.7. The predicted octanol–water partition coefficient (Wildman–Crippen LogP) is 15.0. The molecule has 9 aromatic rings. The molecule has 0 nitrogen and oxygen atoms in total. The summed E-state index contributed by atoms with van der Waals surface area (Å²) in [4.78, 5) is 0. The van der Waals surface area contributed by atoms with Gasteiger partial charge in [-0.1, -0.05) is 219 Å². The van der Waals surface area contributed by atoms with Gasteiger partial charge in [0.05, 0.1) is 0 Å². The van der Waals surface area contributed by atoms with E-state index in [1.807, 2.05) is 25.2 Å². The maximum atomic E-state index is 3.99. The fourth-order valence-corrected chi connectivity index (χ4v) is 10.2. The maximum Gasteiger partial charge on any atom is -0.00199 e. The highest BCUT2D eigenvalue weighted by molar-refractivity contribution is 6.33. The number of allylic oxidation sites excluding steroid dienone is 12. The molecule has 0 atom stereocenters. The van der Waals surface area contributed by atoms with E-state index in [1.165, 1.54) is 125 Å². The molecular formula is C66H52. The first-order valence-corrected chi connectivity index (χ1v) is 23.0. The Morgan fingerprint density at radius 2 is 1.08 bits per heavy atom. The summed E-state index contributed by atoms with van der Waals surface area (Å²) in [6.07, 6.45) is 28.9. The van der Waals surface area contributed by atoms with E-state index in [-0.39, 0.29) is 0 Å². The average molecular weight is 845 g/mol. The van der Waals surface area contributed by atoms with Gasteiger partial charge in [0.2, 0.25) is 0 Å². The third kappa shape index (κ3) is 7.51. The lowest BCUT2D eigenvalue weighted by molar-refractivity contribution is 1.40. The molecule has 0 saturated heterocycles. The van der Waals surface area contributed by atoms with Crippen LogP contribution in [0.15, 0.2) is 213 Å². The number of aryl methyl sites for hydroxylation is 1. The Morgan fingerprint density at radius 3 is 1.79 bits per heavy atom. The lowest BCUT2D eigenvalue weighted by Gasteiger charge is -2.16. The van der Waals surface area contributed by atoms with Gasteiger partial charge in [-0.3, -0.25) is 0 Å². The van der Waals surface area contributed by atoms with Crippen molar-refractivity contribution >= 4 is 94.9 Å². The fraction of sp³-hybridized carbons (Fsp3) is 0.0606. The van der Waals surface area contributed by atoms with Crippen LogP contribution >= 0.6 is 0 Å². The summed E-state index contributed by atoms with van der Waals surface area (Å²) in [5.74, 6) is 0. The van der Waals surface area contributed by atoms with Crippen molar-refractivity contribution in [1.29, 1.82) is 0 Å². The van der Waals surface area contributed by atoms with Crippen molar-refractivity contribution in [2.45, 2.75) is 27.2 Å². The van der Waals surface area contributed by atoms with Gasteiger partial charge in [-0.2, -0.15) is 0 Å². The van der Waals surface area contributed by atoms with E-state index >= 15 is 0 Å². The van der Waals surface area contributed by atoms with Crippen LogP contribution in [0.1, 0.15) is 42.5 Å². The highest BCUT2D eigenvalue weighted by Crippen LogP contribution is 2.48. The lowest BCUT2D eigenvalue weighted by atomic mass is 9.87. The van der Waals surface area contributed by atoms with Crippen LogP contribution in [0.5, 0.6) is 0 Å². The van der Waals surface area contributed by atoms with Crippen molar-refractivity contribution < 1.29 is 0 Å². The van der Waals surface area contributed by atoms with Gasteiger partial charge in [0.25, 0.3) is 0 Å². The molecule has 0 radical (unpaired) electrons. The van der Waals surface area contributed by atoms with Crippen LogP contribution in [0.2, 0.25) is 0 Å². The molecule has 316 valence electrons. The van der Waals surface area contributed by atoms with Crippen molar-refractivity contribution in [3.63, 3.8) is 0 Å². The SMILES string of the molecule is C=C/C=C\C.C=CCC=C1/C(=C\C)c2ccc(-c3ccc4/c(c3)=C\C=C\C=c3/ccc(C)c/c3=C/C(c3cc5c6ccccc6c6ccccc6c5c5ccccc35)=C\C=4)c3cccc1c23. The first kappa shape index (κ1) is 41.9. The van der Waals surface area contributed by atoms with Gasteiger partial charge in [0.15, 0.2) is 0 Å². The molecule has 0 saturated carbocycles. The van der Waals surface area contributed by atoms with E-state index in [4.69, 9.17) is 0 Å². The van der Waals surface area contributed by atoms with Crippen LogP contribution in [0.3, 0.4) is 0 Å². The Morgan fingerprint density at radius 1 is 0.455 bits per heavy atom. The van der Waals surface area contributed by atoms with Gasteiger partial charge < -0.3 is 0 Å². The van der Waals surface area contributed by atoms with Crippen molar-refractivity contribution in [3.05, 3.63) is 257 Å². The first-order valence-electron chi connectivity index (χ1n) is 23.0. The molecule has 0 N–H and O–H groups in total. The van der Waals surface area contributed by atoms with E-state index in [0.717, 1.165) is 6.42 Å². The molecule has 0 spiro atoms. The quantitative estimate of drug-likeness (QED) is 0.0920. The second-order valence-electron chi connectivity index (χ2n) is 17.1. The first-order chi connectivity index (χ1) is 32.5. The zero-order valence-corrected chi connectivity index (χ0v) is 38.0. The topological polar surface area (TPSA) is 0 Å². The zero-order valence-electron chi connectivity index (χ0n) is 38.0. The van der Waals surface area contributed by atoms with Crippen LogP contribution in [0, 0.1) is 6.92 Å². The molecule has 2 aliphatic rings. The summed E-state index contributed by atoms with van der Waals surface area (Å²) in [5.41, 5.74) is 11.3. The molecule has 0 unspecified atom stereocenters. The van der Waals surface area contributed by atoms with Crippen molar-refractivity contribution in [1.82, 2.24) is 0 Å². The molecule has 0 bridgehead atoms. The molecule has 11 rings (SSSR count). The number of hydrogen-bond donors (Lipinski definition) is 0. The molecule has 0 fully saturated rings. The largest absolute Gasteiger partial charge is 0.103 e. The zero-order chi connectivity index (χ0) is 45.1. The van der Waals surface area contributed by atoms with Crippen LogP contribution in [-0.2, 0) is 0 Å². The highest BCUT2D eigenvalue weighted by Gasteiger charge is 2.24. The summed E-state index contributed by atoms with van der Waals surface area (Å²) in [5, 5.41) is 17.6. The summed E-state index contributed by atoms with van der Waals surface area (Å²) >= 11 is 0. The highest BCUT2D eigenvalue weighted by atomic mass is 14.3. The lowest BCUT2D eigenvalue weighted by Crippen LogP contribution is -2.25. The van der Waals surface area contributed by atoms with Gasteiger partial charge in [-0.25, -0.2) is 0 Å². The molecule has 0 heterocycles. The third-order valence-electron chi connectivity index (χ3n) is 13.1. The van der Waals surface area contributed by atoms with Crippen LogP contribution in [0.25, 0.3) is 106 Å². The third-order valence-corrected chi connectivity index (χ3v) is 13.1. The molecule has 2 aliphatic carbocycles. The van der Waals surface area contributed by atoms with Crippen molar-refractivity contribution in [2.24, 2.45) is 0 Å². The van der Waals surface area contributed by atoms with Crippen LogP contribution in [-0.4, -0.2) is 0 Å². The Kier molecular flexibility index (Phi) is 11.6. The Labute approximate surface area is 387 Å². The minimum atomic E-state index is 0.844. The van der Waals surface area contributed by atoms with Gasteiger partial charge in [-0.05, 0) is 165 Å². The second kappa shape index (κ2) is 18.2. The van der Waals surface area contributed by atoms with E-state index in [9.17, 15) is 0 Å². The minimum Gasteiger partial charge on any atom is -0.103 e. The van der Waals surface area contributed by atoms with Gasteiger partial charge in [-0.15, -0.1) is 6.58 Å². The van der Waals surface area contributed by atoms with Crippen molar-refractivity contribution in [2.75, 3.05) is 0 Å². The van der Waals surface area contributed by atoms with Gasteiger partial charge >= 0.3 is 0 Å². The number of benzene rings is 9. The molecule has 66 heavy (non-hydrogen) atoms. The molecule has 0 amide bonds. The average Bonchev–Trinajstić information content (AvgIpc) is 3.67. The molecule has 0 aromatic heterocycles. The predicted molar refractivity (Wildman–Crippen MR) is 292 cm³/mol. The second-order valence-corrected chi connectivity index (χ2v) is 17.1. The molecule has 9 aromatic carbocycles. The normalized spacial score (nSPS) is 17.7. The molecular weight excluding hydrogens is 793 g/mol. The summed E-state index contributed by atoms with van der Waals surface area (Å²) in [6, 6.07) is 54.3. The van der Waals surface area contributed by atoms with E-state index in [0.29, 0.717) is 0 Å². The van der Waals surface area contributed by atoms with Crippen LogP contribution < -0.4 is 20.9 Å². The van der Waals surface area contributed by atoms with Gasteiger partial charge in [0.1, 0.15) is 0 Å². The molecule has 0 heteroatoms. The Balaban J connectivity index is 0.000000973. The fourth-order valence-electron chi connectivity index (χ4n) is 10.2. The monoisotopic (exact) mass is 844 g/mol. The summed E-state index contributed by atoms with van der Waals surface area (Å²) < 4.78 is 0. The summed E-state index contributed by atoms with van der Waals surface area (Å²) in [7, 11) is 0. The Bertz CT molecular complexity index is 3890. The number of fused-ring (bicyclic) bond motifs is 10. The van der Waals surface area contributed by atoms with E-state index in [2.05, 4.69) is 227 Å². The standard InChI is InChI=1S/C61H44.C5H8/c1-4-6-18-48-46(5-2)57-34-33-47(53-25-15-26-56(48)60(53)57)43-31-29-41-30-32-44(37-45-35-39(3)27-28-40(45)16-7-8-17-42(41)36-43)58-38-59-51-21-10-9-19-49(51)50-20-11-13-23-54(50)61(59)55-24-14-12-22-52(55)58;1-3-5-4-2/h4-5,7-38H,1,6H2,2-3H3;3-5H,1H2,2H3/b8-7+,16-7?,17-8?,32-30?,40-16+,41-30-,42-17-,44-32+,44-37?,45-37-,46-5+,48-18?;5-4-. The van der Waals surface area contributed by atoms with E-state index < -0.39 is 0 Å². The van der Waals surface area contributed by atoms with Crippen LogP contribution in [0.4, 0.5) is 0 Å². The van der Waals surface area contributed by atoms with E-state index in [1.54, 1.807) is 6.08 Å². The number of rotatable bonds is 5. The molecule has 0 aliphatic heterocycles.